The second-order valence-electron chi connectivity index (χ2n) is 3.41. The minimum Gasteiger partial charge on any atom is -0.354 e. The van der Waals surface area contributed by atoms with Crippen LogP contribution in [-0.2, 0) is 11.3 Å². The lowest BCUT2D eigenvalue weighted by Crippen LogP contribution is -2.32. The summed E-state index contributed by atoms with van der Waals surface area (Å²) in [5.41, 5.74) is 1.44. The van der Waals surface area contributed by atoms with Gasteiger partial charge in [0.25, 0.3) is 0 Å². The van der Waals surface area contributed by atoms with Gasteiger partial charge in [-0.15, -0.1) is 0 Å². The van der Waals surface area contributed by atoms with Crippen molar-refractivity contribution in [3.8, 4) is 0 Å². The standard InChI is InChI=1S/C8H11N3O2S/c12-7(9-3-6-1-2-6)4-11-8(13)14-5-10-11/h5-6H,1-4H2,(H,9,12). The fraction of sp³-hybridized carbons (Fsp3) is 0.625. The monoisotopic (exact) mass is 213 g/mol. The van der Waals surface area contributed by atoms with Crippen LogP contribution in [0.1, 0.15) is 12.8 Å². The summed E-state index contributed by atoms with van der Waals surface area (Å²) in [6.45, 7) is 0.771. The molecular formula is C8H11N3O2S. The fourth-order valence-electron chi connectivity index (χ4n) is 1.11. The molecule has 0 aliphatic heterocycles. The molecule has 0 atom stereocenters. The van der Waals surface area contributed by atoms with Gasteiger partial charge >= 0.3 is 4.87 Å². The van der Waals surface area contributed by atoms with Gasteiger partial charge in [-0.1, -0.05) is 11.3 Å². The van der Waals surface area contributed by atoms with Gasteiger partial charge in [0.05, 0.1) is 0 Å². The SMILES string of the molecule is O=C(Cn1ncsc1=O)NCC1CC1. The number of carbonyl (C=O) groups excluding carboxylic acids is 1. The van der Waals surface area contributed by atoms with Crippen molar-refractivity contribution in [2.45, 2.75) is 19.4 Å². The largest absolute Gasteiger partial charge is 0.354 e. The molecule has 6 heteroatoms. The average molecular weight is 213 g/mol. The van der Waals surface area contributed by atoms with Crippen LogP contribution in [0.2, 0.25) is 0 Å². The molecule has 1 saturated carbocycles. The first-order chi connectivity index (χ1) is 6.75. The van der Waals surface area contributed by atoms with Crippen LogP contribution in [0.25, 0.3) is 0 Å². The van der Waals surface area contributed by atoms with Crippen LogP contribution < -0.4 is 10.2 Å². The van der Waals surface area contributed by atoms with E-state index >= 15 is 0 Å². The summed E-state index contributed by atoms with van der Waals surface area (Å²) in [7, 11) is 0. The zero-order valence-electron chi connectivity index (χ0n) is 7.60. The van der Waals surface area contributed by atoms with E-state index in [2.05, 4.69) is 10.4 Å². The van der Waals surface area contributed by atoms with Crippen LogP contribution in [0.4, 0.5) is 0 Å². The maximum atomic E-state index is 11.3. The Morgan fingerprint density at radius 2 is 2.50 bits per heavy atom. The molecule has 0 radical (unpaired) electrons. The molecule has 2 rings (SSSR count). The fourth-order valence-corrected chi connectivity index (χ4v) is 1.60. The molecule has 1 aromatic heterocycles. The van der Waals surface area contributed by atoms with E-state index in [4.69, 9.17) is 0 Å². The van der Waals surface area contributed by atoms with Gasteiger partial charge in [-0.3, -0.25) is 9.59 Å². The van der Waals surface area contributed by atoms with Crippen LogP contribution in [0.3, 0.4) is 0 Å². The highest BCUT2D eigenvalue weighted by atomic mass is 32.1. The minimum absolute atomic E-state index is 0.0368. The van der Waals surface area contributed by atoms with Gasteiger partial charge in [-0.05, 0) is 18.8 Å². The molecule has 14 heavy (non-hydrogen) atoms. The third kappa shape index (κ3) is 2.41. The quantitative estimate of drug-likeness (QED) is 0.755. The molecule has 0 spiro atoms. The summed E-state index contributed by atoms with van der Waals surface area (Å²) in [5.74, 6) is 0.524. The normalized spacial score (nSPS) is 15.4. The molecule has 1 aromatic rings. The van der Waals surface area contributed by atoms with Crippen LogP contribution in [0.5, 0.6) is 0 Å². The van der Waals surface area contributed by atoms with Crippen molar-refractivity contribution < 1.29 is 4.79 Å². The van der Waals surface area contributed by atoms with E-state index in [-0.39, 0.29) is 17.3 Å². The van der Waals surface area contributed by atoms with E-state index in [0.29, 0.717) is 5.92 Å². The van der Waals surface area contributed by atoms with E-state index in [9.17, 15) is 9.59 Å². The van der Waals surface area contributed by atoms with E-state index in [1.807, 2.05) is 0 Å². The Bertz CT molecular complexity index is 380. The van der Waals surface area contributed by atoms with Crippen molar-refractivity contribution in [1.82, 2.24) is 15.1 Å². The number of aromatic nitrogens is 2. The first kappa shape index (κ1) is 9.39. The molecule has 1 aliphatic rings. The molecule has 1 fully saturated rings. The summed E-state index contributed by atoms with van der Waals surface area (Å²) in [6.07, 6.45) is 2.41. The predicted octanol–water partition coefficient (Wildman–Crippen LogP) is -0.169. The summed E-state index contributed by atoms with van der Waals surface area (Å²) in [6, 6.07) is 0. The molecule has 0 unspecified atom stereocenters. The zero-order valence-corrected chi connectivity index (χ0v) is 8.42. The van der Waals surface area contributed by atoms with Crippen molar-refractivity contribution in [1.29, 1.82) is 0 Å². The molecule has 1 N–H and O–H groups in total. The summed E-state index contributed by atoms with van der Waals surface area (Å²) >= 11 is 0.999. The smallest absolute Gasteiger partial charge is 0.325 e. The van der Waals surface area contributed by atoms with Gasteiger partial charge in [0.1, 0.15) is 12.1 Å². The highest BCUT2D eigenvalue weighted by molar-refractivity contribution is 7.06. The van der Waals surface area contributed by atoms with Crippen molar-refractivity contribution in [3.05, 3.63) is 15.2 Å². The molecule has 0 bridgehead atoms. The minimum atomic E-state index is -0.188. The van der Waals surface area contributed by atoms with E-state index in [1.54, 1.807) is 0 Å². The van der Waals surface area contributed by atoms with Gasteiger partial charge in [-0.25, -0.2) is 4.68 Å². The number of rotatable bonds is 4. The Balaban J connectivity index is 1.81. The summed E-state index contributed by atoms with van der Waals surface area (Å²) in [5, 5.41) is 6.54. The van der Waals surface area contributed by atoms with Gasteiger partial charge in [0, 0.05) is 6.54 Å². The number of hydrogen-bond donors (Lipinski definition) is 1. The van der Waals surface area contributed by atoms with E-state index in [0.717, 1.165) is 17.9 Å². The van der Waals surface area contributed by atoms with Crippen LogP contribution in [0.15, 0.2) is 10.3 Å². The second kappa shape index (κ2) is 3.91. The summed E-state index contributed by atoms with van der Waals surface area (Å²) < 4.78 is 1.17. The Morgan fingerprint density at radius 1 is 1.71 bits per heavy atom. The summed E-state index contributed by atoms with van der Waals surface area (Å²) in [4.78, 5) is 22.1. The van der Waals surface area contributed by atoms with Crippen LogP contribution >= 0.6 is 11.3 Å². The predicted molar refractivity (Wildman–Crippen MR) is 52.1 cm³/mol. The Hall–Kier alpha value is -1.17. The molecule has 5 nitrogen and oxygen atoms in total. The number of hydrogen-bond acceptors (Lipinski definition) is 4. The first-order valence-corrected chi connectivity index (χ1v) is 5.41. The van der Waals surface area contributed by atoms with E-state index in [1.165, 1.54) is 23.0 Å². The number of amides is 1. The molecule has 0 aromatic carbocycles. The highest BCUT2D eigenvalue weighted by Crippen LogP contribution is 2.27. The number of carbonyl (C=O) groups is 1. The van der Waals surface area contributed by atoms with Gasteiger partial charge in [0.2, 0.25) is 5.91 Å². The molecule has 0 saturated heterocycles. The molecule has 1 aliphatic carbocycles. The van der Waals surface area contributed by atoms with Gasteiger partial charge in [-0.2, -0.15) is 5.10 Å². The lowest BCUT2D eigenvalue weighted by Gasteiger charge is -2.02. The molecular weight excluding hydrogens is 202 g/mol. The highest BCUT2D eigenvalue weighted by Gasteiger charge is 2.21. The zero-order chi connectivity index (χ0) is 9.97. The molecule has 76 valence electrons. The van der Waals surface area contributed by atoms with E-state index < -0.39 is 0 Å². The Kier molecular flexibility index (Phi) is 2.62. The molecule has 1 heterocycles. The topological polar surface area (TPSA) is 64.0 Å². The Morgan fingerprint density at radius 3 is 3.07 bits per heavy atom. The van der Waals surface area contributed by atoms with Gasteiger partial charge < -0.3 is 5.32 Å². The van der Waals surface area contributed by atoms with Crippen LogP contribution in [0, 0.1) is 5.92 Å². The lowest BCUT2D eigenvalue weighted by molar-refractivity contribution is -0.121. The first-order valence-electron chi connectivity index (χ1n) is 4.53. The Labute approximate surface area is 84.7 Å². The van der Waals surface area contributed by atoms with Gasteiger partial charge in [0.15, 0.2) is 0 Å². The number of nitrogens with one attached hydrogen (secondary N) is 1. The molecule has 1 amide bonds. The third-order valence-electron chi connectivity index (χ3n) is 2.13. The maximum absolute atomic E-state index is 11.3. The van der Waals surface area contributed by atoms with Crippen molar-refractivity contribution in [3.63, 3.8) is 0 Å². The van der Waals surface area contributed by atoms with Crippen molar-refractivity contribution in [2.75, 3.05) is 6.54 Å². The van der Waals surface area contributed by atoms with Crippen LogP contribution in [-0.4, -0.2) is 22.2 Å². The van der Waals surface area contributed by atoms with Crippen molar-refractivity contribution >= 4 is 17.2 Å². The number of nitrogens with zero attached hydrogens (tertiary/aromatic N) is 2. The third-order valence-corrected chi connectivity index (χ3v) is 2.74. The lowest BCUT2D eigenvalue weighted by atomic mass is 10.4. The maximum Gasteiger partial charge on any atom is 0.325 e. The van der Waals surface area contributed by atoms with Crippen molar-refractivity contribution in [2.24, 2.45) is 5.92 Å². The second-order valence-corrected chi connectivity index (χ2v) is 4.21. The average Bonchev–Trinajstić information content (AvgIpc) is 2.90.